The zero-order valence-electron chi connectivity index (χ0n) is 10.6. The topological polar surface area (TPSA) is 46.9 Å². The highest BCUT2D eigenvalue weighted by molar-refractivity contribution is 9.10. The number of halogens is 5. The summed E-state index contributed by atoms with van der Waals surface area (Å²) in [6.07, 6.45) is 1.32. The van der Waals surface area contributed by atoms with E-state index in [0.29, 0.717) is 6.54 Å². The molecule has 0 fully saturated rings. The third-order valence-corrected chi connectivity index (χ3v) is 3.24. The molecule has 1 heterocycles. The highest BCUT2D eigenvalue weighted by atomic mass is 79.9. The van der Waals surface area contributed by atoms with E-state index < -0.39 is 34.9 Å². The van der Waals surface area contributed by atoms with Crippen molar-refractivity contribution in [3.63, 3.8) is 0 Å². The van der Waals surface area contributed by atoms with Gasteiger partial charge in [-0.3, -0.25) is 9.48 Å². The average molecular weight is 366 g/mol. The van der Waals surface area contributed by atoms with Crippen molar-refractivity contribution in [1.82, 2.24) is 9.78 Å². The molecule has 0 spiro atoms. The lowest BCUT2D eigenvalue weighted by molar-refractivity contribution is 0.101. The minimum atomic E-state index is -1.68. The zero-order valence-corrected chi connectivity index (χ0v) is 12.1. The monoisotopic (exact) mass is 365 g/mol. The normalized spacial score (nSPS) is 10.8. The van der Waals surface area contributed by atoms with Crippen molar-refractivity contribution < 1.29 is 22.4 Å². The molecule has 21 heavy (non-hydrogen) atoms. The van der Waals surface area contributed by atoms with E-state index in [0.717, 1.165) is 0 Å². The van der Waals surface area contributed by atoms with Gasteiger partial charge in [0.05, 0.1) is 10.7 Å². The van der Waals surface area contributed by atoms with Crippen molar-refractivity contribution in [2.75, 3.05) is 5.32 Å². The number of aromatic nitrogens is 2. The quantitative estimate of drug-likeness (QED) is 0.668. The first-order valence-electron chi connectivity index (χ1n) is 5.72. The molecular weight excluding hydrogens is 358 g/mol. The molecular formula is C12H8BrF4N3O. The van der Waals surface area contributed by atoms with E-state index in [2.05, 4.69) is 21.0 Å². The van der Waals surface area contributed by atoms with Gasteiger partial charge in [0.15, 0.2) is 23.3 Å². The van der Waals surface area contributed by atoms with Gasteiger partial charge in [0, 0.05) is 12.6 Å². The minimum absolute atomic E-state index is 0.0269. The molecule has 0 radical (unpaired) electrons. The fourth-order valence-corrected chi connectivity index (χ4v) is 2.16. The van der Waals surface area contributed by atoms with Crippen LogP contribution >= 0.6 is 15.9 Å². The van der Waals surface area contributed by atoms with Crippen LogP contribution < -0.4 is 5.32 Å². The second-order valence-corrected chi connectivity index (χ2v) is 4.81. The minimum Gasteiger partial charge on any atom is -0.315 e. The van der Waals surface area contributed by atoms with Crippen LogP contribution in [-0.2, 0) is 6.54 Å². The Morgan fingerprint density at radius 1 is 1.29 bits per heavy atom. The van der Waals surface area contributed by atoms with Crippen LogP contribution in [0.2, 0.25) is 0 Å². The number of benzene rings is 1. The molecule has 0 aliphatic heterocycles. The zero-order chi connectivity index (χ0) is 15.7. The SMILES string of the molecule is CCn1ncc(Br)c1C(=O)Nc1c(F)c(F)cc(F)c1F. The molecule has 1 amide bonds. The Kier molecular flexibility index (Phi) is 4.31. The molecule has 0 saturated heterocycles. The number of amides is 1. The summed E-state index contributed by atoms with van der Waals surface area (Å²) in [5, 5.41) is 5.67. The summed E-state index contributed by atoms with van der Waals surface area (Å²) in [6, 6.07) is 0.0620. The van der Waals surface area contributed by atoms with E-state index >= 15 is 0 Å². The number of hydrogen-bond acceptors (Lipinski definition) is 2. The van der Waals surface area contributed by atoms with E-state index in [4.69, 9.17) is 0 Å². The smallest absolute Gasteiger partial charge is 0.275 e. The Hall–Kier alpha value is -1.90. The van der Waals surface area contributed by atoms with Crippen molar-refractivity contribution in [3.8, 4) is 0 Å². The molecule has 2 aromatic rings. The Morgan fingerprint density at radius 3 is 2.38 bits per heavy atom. The predicted molar refractivity (Wildman–Crippen MR) is 69.8 cm³/mol. The van der Waals surface area contributed by atoms with Crippen molar-refractivity contribution in [1.29, 1.82) is 0 Å². The first kappa shape index (κ1) is 15.5. The van der Waals surface area contributed by atoms with E-state index in [1.807, 2.05) is 5.32 Å². The average Bonchev–Trinajstić information content (AvgIpc) is 2.82. The van der Waals surface area contributed by atoms with Crippen molar-refractivity contribution in [3.05, 3.63) is 45.7 Å². The molecule has 112 valence electrons. The first-order valence-corrected chi connectivity index (χ1v) is 6.51. The maximum atomic E-state index is 13.5. The van der Waals surface area contributed by atoms with Gasteiger partial charge in [-0.05, 0) is 22.9 Å². The molecule has 4 nitrogen and oxygen atoms in total. The van der Waals surface area contributed by atoms with Crippen LogP contribution in [0.25, 0.3) is 0 Å². The molecule has 9 heteroatoms. The Bertz CT molecular complexity index is 691. The summed E-state index contributed by atoms with van der Waals surface area (Å²) < 4.78 is 54.7. The van der Waals surface area contributed by atoms with Crippen molar-refractivity contribution in [2.24, 2.45) is 0 Å². The summed E-state index contributed by atoms with van der Waals surface area (Å²) in [7, 11) is 0. The highest BCUT2D eigenvalue weighted by Gasteiger charge is 2.24. The number of nitrogens with one attached hydrogen (secondary N) is 1. The van der Waals surface area contributed by atoms with Crippen LogP contribution in [0.3, 0.4) is 0 Å². The van der Waals surface area contributed by atoms with Gasteiger partial charge >= 0.3 is 0 Å². The van der Waals surface area contributed by atoms with Crippen LogP contribution in [0.15, 0.2) is 16.7 Å². The Labute approximate surface area is 124 Å². The lowest BCUT2D eigenvalue weighted by atomic mass is 10.2. The summed E-state index contributed by atoms with van der Waals surface area (Å²) in [6.45, 7) is 2.01. The van der Waals surface area contributed by atoms with Gasteiger partial charge in [-0.15, -0.1) is 0 Å². The maximum absolute atomic E-state index is 13.5. The maximum Gasteiger partial charge on any atom is 0.275 e. The number of nitrogens with zero attached hydrogens (tertiary/aromatic N) is 2. The predicted octanol–water partition coefficient (Wildman–Crippen LogP) is 3.47. The van der Waals surface area contributed by atoms with E-state index in [1.165, 1.54) is 10.9 Å². The van der Waals surface area contributed by atoms with Gasteiger partial charge in [0.2, 0.25) is 0 Å². The molecule has 0 unspecified atom stereocenters. The van der Waals surface area contributed by atoms with Gasteiger partial charge < -0.3 is 5.32 Å². The van der Waals surface area contributed by atoms with Gasteiger partial charge in [-0.25, -0.2) is 17.6 Å². The van der Waals surface area contributed by atoms with Crippen LogP contribution in [0, 0.1) is 23.3 Å². The number of carbonyl (C=O) groups is 1. The number of rotatable bonds is 3. The van der Waals surface area contributed by atoms with Crippen LogP contribution in [0.1, 0.15) is 17.4 Å². The number of hydrogen-bond donors (Lipinski definition) is 1. The Morgan fingerprint density at radius 2 is 1.86 bits per heavy atom. The number of anilines is 1. The molecule has 1 N–H and O–H groups in total. The van der Waals surface area contributed by atoms with Crippen LogP contribution in [0.4, 0.5) is 23.2 Å². The number of carbonyl (C=O) groups excluding carboxylic acids is 1. The standard InChI is InChI=1S/C12H8BrF4N3O/c1-2-20-11(5(13)4-18-20)12(21)19-10-8(16)6(14)3-7(15)9(10)17/h3-4H,2H2,1H3,(H,19,21). The van der Waals surface area contributed by atoms with Gasteiger partial charge in [0.1, 0.15) is 11.4 Å². The fraction of sp³-hybridized carbons (Fsp3) is 0.167. The molecule has 1 aromatic heterocycles. The molecule has 0 bridgehead atoms. The molecule has 0 saturated carbocycles. The van der Waals surface area contributed by atoms with E-state index in [1.54, 1.807) is 6.92 Å². The summed E-state index contributed by atoms with van der Waals surface area (Å²) in [5.41, 5.74) is -1.21. The van der Waals surface area contributed by atoms with Crippen molar-refractivity contribution >= 4 is 27.5 Å². The third-order valence-electron chi connectivity index (χ3n) is 2.66. The second-order valence-electron chi connectivity index (χ2n) is 3.95. The molecule has 2 rings (SSSR count). The molecule has 1 aromatic carbocycles. The first-order chi connectivity index (χ1) is 9.86. The molecule has 0 aliphatic carbocycles. The van der Waals surface area contributed by atoms with E-state index in [9.17, 15) is 22.4 Å². The number of aryl methyl sites for hydroxylation is 1. The molecule has 0 atom stereocenters. The van der Waals surface area contributed by atoms with Crippen LogP contribution in [-0.4, -0.2) is 15.7 Å². The van der Waals surface area contributed by atoms with Gasteiger partial charge in [-0.2, -0.15) is 5.10 Å². The summed E-state index contributed by atoms with van der Waals surface area (Å²) in [4.78, 5) is 12.0. The lowest BCUT2D eigenvalue weighted by Gasteiger charge is -2.10. The Balaban J connectivity index is 2.43. The lowest BCUT2D eigenvalue weighted by Crippen LogP contribution is -2.20. The van der Waals surface area contributed by atoms with Crippen molar-refractivity contribution in [2.45, 2.75) is 13.5 Å². The second kappa shape index (κ2) is 5.84. The molecule has 0 aliphatic rings. The van der Waals surface area contributed by atoms with Gasteiger partial charge in [0.25, 0.3) is 5.91 Å². The summed E-state index contributed by atoms with van der Waals surface area (Å²) >= 11 is 3.06. The van der Waals surface area contributed by atoms with Gasteiger partial charge in [-0.1, -0.05) is 0 Å². The third kappa shape index (κ3) is 2.78. The summed E-state index contributed by atoms with van der Waals surface area (Å²) in [5.74, 6) is -7.52. The highest BCUT2D eigenvalue weighted by Crippen LogP contribution is 2.25. The fourth-order valence-electron chi connectivity index (χ4n) is 1.68. The van der Waals surface area contributed by atoms with Crippen LogP contribution in [0.5, 0.6) is 0 Å². The largest absolute Gasteiger partial charge is 0.315 e. The van der Waals surface area contributed by atoms with E-state index in [-0.39, 0.29) is 16.2 Å².